The zero-order valence-corrected chi connectivity index (χ0v) is 20.2. The maximum absolute atomic E-state index is 12.8. The molecule has 0 spiro atoms. The van der Waals surface area contributed by atoms with Crippen molar-refractivity contribution < 1.29 is 19.1 Å². The summed E-state index contributed by atoms with van der Waals surface area (Å²) in [6.07, 6.45) is -0.193. The van der Waals surface area contributed by atoms with Crippen LogP contribution in [0, 0.1) is 5.41 Å². The number of rotatable bonds is 12. The van der Waals surface area contributed by atoms with Crippen LogP contribution in [0.15, 0.2) is 60.7 Å². The summed E-state index contributed by atoms with van der Waals surface area (Å²) in [7, 11) is 0. The molecular weight excluding hydrogens is 432 g/mol. The van der Waals surface area contributed by atoms with Crippen molar-refractivity contribution in [2.75, 3.05) is 26.2 Å². The van der Waals surface area contributed by atoms with E-state index in [0.717, 1.165) is 5.56 Å². The van der Waals surface area contributed by atoms with Gasteiger partial charge in [0.05, 0.1) is 0 Å². The molecule has 0 radical (unpaired) electrons. The number of ether oxygens (including phenoxy) is 1. The molecule has 0 aromatic heterocycles. The summed E-state index contributed by atoms with van der Waals surface area (Å²) in [4.78, 5) is 37.0. The van der Waals surface area contributed by atoms with Gasteiger partial charge in [-0.2, -0.15) is 0 Å². The molecule has 0 fully saturated rings. The van der Waals surface area contributed by atoms with Crippen LogP contribution in [0.25, 0.3) is 0 Å². The van der Waals surface area contributed by atoms with Gasteiger partial charge in [-0.3, -0.25) is 9.59 Å². The molecule has 4 N–H and O–H groups in total. The Morgan fingerprint density at radius 1 is 0.824 bits per heavy atom. The Bertz CT molecular complexity index is 898. The van der Waals surface area contributed by atoms with Crippen LogP contribution < -0.4 is 21.3 Å². The number of amides is 3. The molecule has 0 bridgehead atoms. The molecule has 3 amide bonds. The Morgan fingerprint density at radius 2 is 1.41 bits per heavy atom. The third kappa shape index (κ3) is 11.0. The number of hydrogen-bond acceptors (Lipinski definition) is 5. The molecule has 2 rings (SSSR count). The van der Waals surface area contributed by atoms with E-state index in [-0.39, 0.29) is 23.8 Å². The standard InChI is InChI=1S/C26H36N4O4/c1-26(2,3)18-22(31)28-16-14-27-15-17-29-24(32)23(21-12-8-5-9-13-21)30-25(33)34-19-20-10-6-4-7-11-20/h4-13,23,27H,14-19H2,1-3H3,(H,28,31)(H,29,32)(H,30,33). The highest BCUT2D eigenvalue weighted by Crippen LogP contribution is 2.17. The van der Waals surface area contributed by atoms with Crippen molar-refractivity contribution >= 4 is 17.9 Å². The lowest BCUT2D eigenvalue weighted by molar-refractivity contribution is -0.123. The third-order valence-corrected chi connectivity index (χ3v) is 4.79. The van der Waals surface area contributed by atoms with Crippen LogP contribution in [0.5, 0.6) is 0 Å². The Morgan fingerprint density at radius 3 is 2.03 bits per heavy atom. The SMILES string of the molecule is CC(C)(C)CC(=O)NCCNCCNC(=O)C(NC(=O)OCc1ccccc1)c1ccccc1. The normalized spacial score (nSPS) is 11.9. The number of carbonyl (C=O) groups excluding carboxylic acids is 3. The van der Waals surface area contributed by atoms with Gasteiger partial charge in [0.15, 0.2) is 0 Å². The fourth-order valence-corrected chi connectivity index (χ4v) is 3.16. The summed E-state index contributed by atoms with van der Waals surface area (Å²) in [6, 6.07) is 17.5. The Hall–Kier alpha value is -3.39. The fraction of sp³-hybridized carbons (Fsp3) is 0.423. The lowest BCUT2D eigenvalue weighted by atomic mass is 9.92. The molecule has 2 aromatic carbocycles. The van der Waals surface area contributed by atoms with E-state index in [9.17, 15) is 14.4 Å². The fourth-order valence-electron chi connectivity index (χ4n) is 3.16. The number of carbonyl (C=O) groups is 3. The lowest BCUT2D eigenvalue weighted by Gasteiger charge is -2.19. The minimum Gasteiger partial charge on any atom is -0.445 e. The van der Waals surface area contributed by atoms with E-state index in [1.807, 2.05) is 69.3 Å². The average molecular weight is 469 g/mol. The molecule has 0 aliphatic rings. The molecule has 0 aliphatic heterocycles. The van der Waals surface area contributed by atoms with Gasteiger partial charge < -0.3 is 26.0 Å². The summed E-state index contributed by atoms with van der Waals surface area (Å²) in [6.45, 7) is 8.20. The average Bonchev–Trinajstić information content (AvgIpc) is 2.80. The molecular formula is C26H36N4O4. The molecule has 0 saturated carbocycles. The lowest BCUT2D eigenvalue weighted by Crippen LogP contribution is -2.43. The highest BCUT2D eigenvalue weighted by atomic mass is 16.5. The highest BCUT2D eigenvalue weighted by molar-refractivity contribution is 5.86. The van der Waals surface area contributed by atoms with Crippen LogP contribution in [0.1, 0.15) is 44.4 Å². The zero-order valence-electron chi connectivity index (χ0n) is 20.2. The van der Waals surface area contributed by atoms with Gasteiger partial charge in [-0.05, 0) is 16.5 Å². The van der Waals surface area contributed by atoms with Crippen molar-refractivity contribution in [3.63, 3.8) is 0 Å². The van der Waals surface area contributed by atoms with Crippen LogP contribution in [-0.4, -0.2) is 44.1 Å². The summed E-state index contributed by atoms with van der Waals surface area (Å²) >= 11 is 0. The van der Waals surface area contributed by atoms with Crippen molar-refractivity contribution in [1.82, 2.24) is 21.3 Å². The van der Waals surface area contributed by atoms with E-state index >= 15 is 0 Å². The minimum atomic E-state index is -0.874. The van der Waals surface area contributed by atoms with E-state index in [1.165, 1.54) is 0 Å². The van der Waals surface area contributed by atoms with Gasteiger partial charge in [-0.25, -0.2) is 4.79 Å². The van der Waals surface area contributed by atoms with E-state index in [0.29, 0.717) is 38.2 Å². The third-order valence-electron chi connectivity index (χ3n) is 4.79. The largest absolute Gasteiger partial charge is 0.445 e. The van der Waals surface area contributed by atoms with Gasteiger partial charge in [0.2, 0.25) is 11.8 Å². The molecule has 1 unspecified atom stereocenters. The number of hydrogen-bond donors (Lipinski definition) is 4. The topological polar surface area (TPSA) is 109 Å². The molecule has 0 saturated heterocycles. The van der Waals surface area contributed by atoms with E-state index in [4.69, 9.17) is 4.74 Å². The second-order valence-electron chi connectivity index (χ2n) is 9.18. The van der Waals surface area contributed by atoms with Crippen LogP contribution in [0.4, 0.5) is 4.79 Å². The first-order chi connectivity index (χ1) is 16.2. The van der Waals surface area contributed by atoms with Crippen molar-refractivity contribution in [2.24, 2.45) is 5.41 Å². The second kappa shape index (κ2) is 14.0. The van der Waals surface area contributed by atoms with Gasteiger partial charge in [-0.1, -0.05) is 81.4 Å². The van der Waals surface area contributed by atoms with Crippen molar-refractivity contribution in [3.05, 3.63) is 71.8 Å². The Labute approximate surface area is 201 Å². The summed E-state index contributed by atoms with van der Waals surface area (Å²) in [5.74, 6) is -0.304. The minimum absolute atomic E-state index is 0.0264. The quantitative estimate of drug-likeness (QED) is 0.358. The van der Waals surface area contributed by atoms with Crippen LogP contribution in [0.3, 0.4) is 0 Å². The highest BCUT2D eigenvalue weighted by Gasteiger charge is 2.23. The molecule has 34 heavy (non-hydrogen) atoms. The number of benzene rings is 2. The maximum Gasteiger partial charge on any atom is 0.408 e. The van der Waals surface area contributed by atoms with E-state index in [2.05, 4.69) is 21.3 Å². The predicted molar refractivity (Wildman–Crippen MR) is 132 cm³/mol. The summed E-state index contributed by atoms with van der Waals surface area (Å²) in [5, 5.41) is 11.5. The Kier molecular flexibility index (Phi) is 11.1. The molecule has 2 aromatic rings. The monoisotopic (exact) mass is 468 g/mol. The van der Waals surface area contributed by atoms with Gasteiger partial charge in [-0.15, -0.1) is 0 Å². The van der Waals surface area contributed by atoms with Crippen LogP contribution in [0.2, 0.25) is 0 Å². The van der Waals surface area contributed by atoms with Crippen molar-refractivity contribution in [1.29, 1.82) is 0 Å². The molecule has 8 heteroatoms. The van der Waals surface area contributed by atoms with Crippen LogP contribution in [-0.2, 0) is 20.9 Å². The molecule has 1 atom stereocenters. The smallest absolute Gasteiger partial charge is 0.408 e. The van der Waals surface area contributed by atoms with Crippen molar-refractivity contribution in [2.45, 2.75) is 39.8 Å². The predicted octanol–water partition coefficient (Wildman–Crippen LogP) is 2.91. The maximum atomic E-state index is 12.8. The van der Waals surface area contributed by atoms with Gasteiger partial charge in [0.1, 0.15) is 12.6 Å². The van der Waals surface area contributed by atoms with E-state index in [1.54, 1.807) is 12.1 Å². The number of nitrogens with one attached hydrogen (secondary N) is 4. The van der Waals surface area contributed by atoms with Gasteiger partial charge in [0, 0.05) is 32.6 Å². The first kappa shape index (κ1) is 26.9. The molecule has 184 valence electrons. The summed E-state index contributed by atoms with van der Waals surface area (Å²) < 4.78 is 5.27. The number of alkyl carbamates (subject to hydrolysis) is 1. The van der Waals surface area contributed by atoms with E-state index < -0.39 is 12.1 Å². The van der Waals surface area contributed by atoms with Crippen LogP contribution >= 0.6 is 0 Å². The Balaban J connectivity index is 1.75. The molecule has 0 aliphatic carbocycles. The second-order valence-corrected chi connectivity index (χ2v) is 9.18. The first-order valence-electron chi connectivity index (χ1n) is 11.5. The van der Waals surface area contributed by atoms with Crippen molar-refractivity contribution in [3.8, 4) is 0 Å². The first-order valence-corrected chi connectivity index (χ1v) is 11.5. The summed E-state index contributed by atoms with van der Waals surface area (Å²) in [5.41, 5.74) is 1.48. The van der Waals surface area contributed by atoms with Gasteiger partial charge >= 0.3 is 6.09 Å². The molecule has 8 nitrogen and oxygen atoms in total. The molecule has 0 heterocycles. The van der Waals surface area contributed by atoms with Gasteiger partial charge in [0.25, 0.3) is 0 Å². The zero-order chi connectivity index (χ0) is 24.8.